The molecule has 248 valence electrons. The highest BCUT2D eigenvalue weighted by atomic mass is 16.5. The first kappa shape index (κ1) is 38.2. The number of hydrogen-bond donors (Lipinski definition) is 3. The fourth-order valence-electron chi connectivity index (χ4n) is 4.13. The second-order valence-corrected chi connectivity index (χ2v) is 10.4. The van der Waals surface area contributed by atoms with Crippen molar-refractivity contribution in [3.63, 3.8) is 0 Å². The second kappa shape index (κ2) is 22.7. The Morgan fingerprint density at radius 3 is 1.27 bits per heavy atom. The lowest BCUT2D eigenvalue weighted by Crippen LogP contribution is -2.09. The van der Waals surface area contributed by atoms with Crippen LogP contribution in [0.15, 0.2) is 24.3 Å². The Hall–Kier alpha value is -3.82. The summed E-state index contributed by atoms with van der Waals surface area (Å²) in [7, 11) is 2.56. The quantitative estimate of drug-likeness (QED) is 0.0759. The average molecular weight is 621 g/mol. The molecule has 0 spiro atoms. The number of ether oxygens (including phenoxy) is 5. The molecule has 0 bridgehead atoms. The van der Waals surface area contributed by atoms with Crippen LogP contribution in [0.5, 0.6) is 34.5 Å². The number of rotatable bonds is 20. The Morgan fingerprint density at radius 2 is 0.909 bits per heavy atom. The van der Waals surface area contributed by atoms with Crippen LogP contribution in [-0.4, -0.2) is 61.3 Å². The molecule has 44 heavy (non-hydrogen) atoms. The number of methoxy groups -OCH3 is 2. The Kier molecular flexibility index (Phi) is 19.7. The summed E-state index contributed by atoms with van der Waals surface area (Å²) < 4.78 is 27.6. The SMILES string of the molecule is CCCCCCOc1cc(C(=O)OC)cc(OCCCCCC)c1OCCCCCC.COC(=O)c1cc(O)c(O)c(O)c1. The molecule has 0 fully saturated rings. The predicted molar refractivity (Wildman–Crippen MR) is 169 cm³/mol. The van der Waals surface area contributed by atoms with E-state index in [1.54, 1.807) is 12.1 Å². The van der Waals surface area contributed by atoms with E-state index in [1.165, 1.54) is 52.7 Å². The van der Waals surface area contributed by atoms with Crippen LogP contribution in [0.1, 0.15) is 119 Å². The van der Waals surface area contributed by atoms with E-state index in [1.807, 2.05) is 0 Å². The summed E-state index contributed by atoms with van der Waals surface area (Å²) in [6.45, 7) is 8.36. The van der Waals surface area contributed by atoms with Gasteiger partial charge in [-0.1, -0.05) is 78.6 Å². The first-order chi connectivity index (χ1) is 21.2. The van der Waals surface area contributed by atoms with Crippen molar-refractivity contribution in [2.24, 2.45) is 0 Å². The minimum Gasteiger partial charge on any atom is -0.504 e. The summed E-state index contributed by atoms with van der Waals surface area (Å²) in [5, 5.41) is 26.9. The van der Waals surface area contributed by atoms with Gasteiger partial charge >= 0.3 is 11.9 Å². The van der Waals surface area contributed by atoms with Crippen LogP contribution in [0.3, 0.4) is 0 Å². The maximum Gasteiger partial charge on any atom is 0.338 e. The molecule has 0 heterocycles. The zero-order valence-electron chi connectivity index (χ0n) is 27.1. The van der Waals surface area contributed by atoms with Crippen molar-refractivity contribution in [1.82, 2.24) is 0 Å². The minimum atomic E-state index is -0.703. The number of carbonyl (C=O) groups is 2. The first-order valence-electron chi connectivity index (χ1n) is 15.7. The lowest BCUT2D eigenvalue weighted by molar-refractivity contribution is 0.0591. The molecule has 2 aromatic rings. The van der Waals surface area contributed by atoms with Gasteiger partial charge in [-0.3, -0.25) is 0 Å². The number of carbonyl (C=O) groups excluding carboxylic acids is 2. The summed E-state index contributed by atoms with van der Waals surface area (Å²) in [4.78, 5) is 23.1. The molecule has 3 N–H and O–H groups in total. The molecule has 10 heteroatoms. The Balaban J connectivity index is 0.000000617. The van der Waals surface area contributed by atoms with E-state index < -0.39 is 29.2 Å². The van der Waals surface area contributed by atoms with Gasteiger partial charge in [0.1, 0.15) is 0 Å². The third kappa shape index (κ3) is 14.1. The van der Waals surface area contributed by atoms with Gasteiger partial charge in [0.15, 0.2) is 28.7 Å². The third-order valence-electron chi connectivity index (χ3n) is 6.69. The van der Waals surface area contributed by atoms with Gasteiger partial charge in [0.2, 0.25) is 5.75 Å². The second-order valence-electron chi connectivity index (χ2n) is 10.4. The molecule has 10 nitrogen and oxygen atoms in total. The molecule has 0 saturated heterocycles. The number of aromatic hydroxyl groups is 3. The standard InChI is InChI=1S/C26H44O5.C8H8O5/c1-5-8-11-14-17-29-23-20-22(26(27)28-4)21-24(30-18-15-12-9-6-2)25(23)31-19-16-13-10-7-3;1-13-8(12)4-2-5(9)7(11)6(10)3-4/h20-21H,5-19H2,1-4H3;2-3,9-11H,1H3. The van der Waals surface area contributed by atoms with Crippen molar-refractivity contribution in [3.8, 4) is 34.5 Å². The van der Waals surface area contributed by atoms with Crippen molar-refractivity contribution in [1.29, 1.82) is 0 Å². The Morgan fingerprint density at radius 1 is 0.545 bits per heavy atom. The summed E-state index contributed by atoms with van der Waals surface area (Å²) in [5.74, 6) is -1.16. The van der Waals surface area contributed by atoms with Gasteiger partial charge in [0.25, 0.3) is 0 Å². The molecular weight excluding hydrogens is 568 g/mol. The van der Waals surface area contributed by atoms with Crippen LogP contribution < -0.4 is 14.2 Å². The highest BCUT2D eigenvalue weighted by Crippen LogP contribution is 2.40. The van der Waals surface area contributed by atoms with E-state index >= 15 is 0 Å². The molecular formula is C34H52O10. The van der Waals surface area contributed by atoms with E-state index in [0.717, 1.165) is 50.7 Å². The van der Waals surface area contributed by atoms with E-state index in [0.29, 0.717) is 42.6 Å². The van der Waals surface area contributed by atoms with E-state index in [4.69, 9.17) is 34.3 Å². The Labute approximate surface area is 262 Å². The monoisotopic (exact) mass is 620 g/mol. The van der Waals surface area contributed by atoms with Crippen molar-refractivity contribution >= 4 is 11.9 Å². The van der Waals surface area contributed by atoms with Gasteiger partial charge in [0.05, 0.1) is 45.2 Å². The fourth-order valence-corrected chi connectivity index (χ4v) is 4.13. The molecule has 0 aliphatic carbocycles. The van der Waals surface area contributed by atoms with Crippen molar-refractivity contribution in [3.05, 3.63) is 35.4 Å². The van der Waals surface area contributed by atoms with Crippen LogP contribution >= 0.6 is 0 Å². The molecule has 0 amide bonds. The van der Waals surface area contributed by atoms with Gasteiger partial charge in [-0.05, 0) is 43.5 Å². The van der Waals surface area contributed by atoms with Gasteiger partial charge in [0, 0.05) is 0 Å². The van der Waals surface area contributed by atoms with Crippen molar-refractivity contribution in [2.75, 3.05) is 34.0 Å². The lowest BCUT2D eigenvalue weighted by Gasteiger charge is -2.18. The number of unbranched alkanes of at least 4 members (excludes halogenated alkanes) is 9. The molecule has 0 aromatic heterocycles. The number of phenolic OH excluding ortho intramolecular Hbond substituents is 3. The minimum absolute atomic E-state index is 0.0321. The van der Waals surface area contributed by atoms with Crippen LogP contribution in [-0.2, 0) is 9.47 Å². The molecule has 0 aliphatic heterocycles. The largest absolute Gasteiger partial charge is 0.504 e. The van der Waals surface area contributed by atoms with Gasteiger partial charge in [-0.25, -0.2) is 9.59 Å². The number of esters is 2. The van der Waals surface area contributed by atoms with Crippen molar-refractivity contribution < 1.29 is 48.6 Å². The first-order valence-corrected chi connectivity index (χ1v) is 15.7. The number of phenols is 3. The maximum atomic E-state index is 12.2. The summed E-state index contributed by atoms with van der Waals surface area (Å²) in [5.41, 5.74) is 0.392. The molecule has 0 unspecified atom stereocenters. The molecule has 0 radical (unpaired) electrons. The molecule has 2 aromatic carbocycles. The highest BCUT2D eigenvalue weighted by Gasteiger charge is 2.19. The van der Waals surface area contributed by atoms with Gasteiger partial charge in [-0.15, -0.1) is 0 Å². The lowest BCUT2D eigenvalue weighted by atomic mass is 10.1. The normalized spacial score (nSPS) is 10.4. The smallest absolute Gasteiger partial charge is 0.338 e. The summed E-state index contributed by atoms with van der Waals surface area (Å²) in [6.07, 6.45) is 13.5. The molecule has 0 aliphatic rings. The molecule has 0 atom stereocenters. The number of hydrogen-bond acceptors (Lipinski definition) is 10. The van der Waals surface area contributed by atoms with Crippen LogP contribution in [0.25, 0.3) is 0 Å². The van der Waals surface area contributed by atoms with E-state index in [-0.39, 0.29) is 5.56 Å². The van der Waals surface area contributed by atoms with Gasteiger partial charge < -0.3 is 39.0 Å². The van der Waals surface area contributed by atoms with Crippen LogP contribution in [0, 0.1) is 0 Å². The number of benzene rings is 2. The maximum absolute atomic E-state index is 12.2. The molecule has 0 saturated carbocycles. The fraction of sp³-hybridized carbons (Fsp3) is 0.588. The van der Waals surface area contributed by atoms with E-state index in [9.17, 15) is 9.59 Å². The summed E-state index contributed by atoms with van der Waals surface area (Å²) in [6, 6.07) is 5.44. The topological polar surface area (TPSA) is 141 Å². The summed E-state index contributed by atoms with van der Waals surface area (Å²) >= 11 is 0. The van der Waals surface area contributed by atoms with E-state index in [2.05, 4.69) is 25.5 Å². The zero-order chi connectivity index (χ0) is 32.7. The third-order valence-corrected chi connectivity index (χ3v) is 6.69. The average Bonchev–Trinajstić information content (AvgIpc) is 3.03. The Bertz CT molecular complexity index is 1060. The predicted octanol–water partition coefficient (Wildman–Crippen LogP) is 7.94. The zero-order valence-corrected chi connectivity index (χ0v) is 27.1. The van der Waals surface area contributed by atoms with Crippen molar-refractivity contribution in [2.45, 2.75) is 97.8 Å². The van der Waals surface area contributed by atoms with Crippen LogP contribution in [0.4, 0.5) is 0 Å². The highest BCUT2D eigenvalue weighted by molar-refractivity contribution is 5.91. The van der Waals surface area contributed by atoms with Gasteiger partial charge in [-0.2, -0.15) is 0 Å². The van der Waals surface area contributed by atoms with Crippen LogP contribution in [0.2, 0.25) is 0 Å². The molecule has 2 rings (SSSR count).